The molecule has 1 heterocycles. The van der Waals surface area contributed by atoms with Crippen LogP contribution in [0.1, 0.15) is 69.3 Å². The summed E-state index contributed by atoms with van der Waals surface area (Å²) >= 11 is 0. The second-order valence-corrected chi connectivity index (χ2v) is 5.20. The largest absolute Gasteiger partial charge is 0.461 e. The summed E-state index contributed by atoms with van der Waals surface area (Å²) in [5, 5.41) is 0. The number of aryl methyl sites for hydroxylation is 1. The molecule has 0 fully saturated rings. The van der Waals surface area contributed by atoms with Crippen LogP contribution in [-0.2, 0) is 11.3 Å². The van der Waals surface area contributed by atoms with Crippen molar-refractivity contribution in [2.24, 2.45) is 0 Å². The molecule has 1 aromatic heterocycles. The minimum atomic E-state index is -0.269. The lowest BCUT2D eigenvalue weighted by atomic mass is 10.1. The smallest absolute Gasteiger partial charge is 0.355 e. The van der Waals surface area contributed by atoms with Gasteiger partial charge >= 0.3 is 5.97 Å². The molecule has 0 atom stereocenters. The van der Waals surface area contributed by atoms with Gasteiger partial charge in [0.05, 0.1) is 12.3 Å². The summed E-state index contributed by atoms with van der Waals surface area (Å²) in [6, 6.07) is 1.68. The maximum atomic E-state index is 11.9. The van der Waals surface area contributed by atoms with E-state index in [0.29, 0.717) is 18.0 Å². The van der Waals surface area contributed by atoms with E-state index in [9.17, 15) is 4.79 Å². The molecular weight excluding hydrogens is 252 g/mol. The van der Waals surface area contributed by atoms with E-state index in [-0.39, 0.29) is 5.97 Å². The van der Waals surface area contributed by atoms with Gasteiger partial charge in [0.1, 0.15) is 5.69 Å². The van der Waals surface area contributed by atoms with Gasteiger partial charge < -0.3 is 15.0 Å². The van der Waals surface area contributed by atoms with Gasteiger partial charge in [-0.3, -0.25) is 0 Å². The zero-order chi connectivity index (χ0) is 14.8. The molecule has 0 aliphatic carbocycles. The van der Waals surface area contributed by atoms with E-state index >= 15 is 0 Å². The van der Waals surface area contributed by atoms with Gasteiger partial charge in [-0.15, -0.1) is 0 Å². The highest BCUT2D eigenvalue weighted by molar-refractivity contribution is 5.89. The maximum Gasteiger partial charge on any atom is 0.355 e. The van der Waals surface area contributed by atoms with Crippen LogP contribution < -0.4 is 5.73 Å². The summed E-state index contributed by atoms with van der Waals surface area (Å²) in [7, 11) is 0. The van der Waals surface area contributed by atoms with Crippen molar-refractivity contribution < 1.29 is 9.53 Å². The van der Waals surface area contributed by atoms with Gasteiger partial charge in [-0.25, -0.2) is 4.79 Å². The number of hydrogen-bond donors (Lipinski definition) is 1. The fourth-order valence-electron chi connectivity index (χ4n) is 2.26. The Kier molecular flexibility index (Phi) is 7.85. The van der Waals surface area contributed by atoms with Crippen molar-refractivity contribution in [3.05, 3.63) is 18.0 Å². The minimum absolute atomic E-state index is 0.269. The Morgan fingerprint density at radius 3 is 2.45 bits per heavy atom. The lowest BCUT2D eigenvalue weighted by Crippen LogP contribution is -2.11. The number of hydrogen-bond acceptors (Lipinski definition) is 3. The molecule has 1 aromatic rings. The van der Waals surface area contributed by atoms with E-state index in [1.54, 1.807) is 12.3 Å². The summed E-state index contributed by atoms with van der Waals surface area (Å²) in [5.74, 6) is -0.269. The quantitative estimate of drug-likeness (QED) is 0.520. The number of esters is 1. The van der Waals surface area contributed by atoms with Crippen LogP contribution in [0.3, 0.4) is 0 Å². The number of nitrogens with two attached hydrogens (primary N) is 1. The van der Waals surface area contributed by atoms with Crippen molar-refractivity contribution in [1.82, 2.24) is 4.57 Å². The number of nitrogen functional groups attached to an aromatic ring is 1. The van der Waals surface area contributed by atoms with Crippen LogP contribution in [0.25, 0.3) is 0 Å². The third-order valence-corrected chi connectivity index (χ3v) is 3.45. The number of ether oxygens (including phenoxy) is 1. The van der Waals surface area contributed by atoms with Crippen LogP contribution in [0.5, 0.6) is 0 Å². The number of carbonyl (C=O) groups is 1. The van der Waals surface area contributed by atoms with Gasteiger partial charge in [0.2, 0.25) is 0 Å². The molecule has 0 spiro atoms. The van der Waals surface area contributed by atoms with Crippen molar-refractivity contribution >= 4 is 11.7 Å². The Hall–Kier alpha value is -1.45. The number of carbonyl (C=O) groups excluding carboxylic acids is 1. The predicted molar refractivity (Wildman–Crippen MR) is 82.8 cm³/mol. The molecule has 20 heavy (non-hydrogen) atoms. The monoisotopic (exact) mass is 280 g/mol. The van der Waals surface area contributed by atoms with Crippen LogP contribution in [0.2, 0.25) is 0 Å². The Morgan fingerprint density at radius 2 is 1.80 bits per heavy atom. The highest BCUT2D eigenvalue weighted by Crippen LogP contribution is 2.12. The predicted octanol–water partition coefficient (Wildman–Crippen LogP) is 4.00. The molecule has 2 N–H and O–H groups in total. The van der Waals surface area contributed by atoms with Gasteiger partial charge in [0.25, 0.3) is 0 Å². The van der Waals surface area contributed by atoms with Gasteiger partial charge in [0, 0.05) is 12.7 Å². The molecule has 0 saturated heterocycles. The van der Waals surface area contributed by atoms with Crippen molar-refractivity contribution in [2.75, 3.05) is 12.3 Å². The first-order valence-electron chi connectivity index (χ1n) is 7.81. The van der Waals surface area contributed by atoms with E-state index in [4.69, 9.17) is 10.5 Å². The molecule has 4 nitrogen and oxygen atoms in total. The number of nitrogens with zero attached hydrogens (tertiary/aromatic N) is 1. The second kappa shape index (κ2) is 9.45. The number of aromatic nitrogens is 1. The van der Waals surface area contributed by atoms with Gasteiger partial charge in [0.15, 0.2) is 0 Å². The minimum Gasteiger partial charge on any atom is -0.461 e. The number of anilines is 1. The van der Waals surface area contributed by atoms with E-state index < -0.39 is 0 Å². The Labute approximate surface area is 122 Å². The summed E-state index contributed by atoms with van der Waals surface area (Å²) in [5.41, 5.74) is 6.85. The SMILES string of the molecule is CCCCCCCCCOC(=O)c1cc(N)cn1CC. The van der Waals surface area contributed by atoms with E-state index in [1.807, 2.05) is 11.5 Å². The number of unbranched alkanes of at least 4 members (excludes halogenated alkanes) is 6. The molecule has 0 saturated carbocycles. The van der Waals surface area contributed by atoms with Crippen LogP contribution in [0.4, 0.5) is 5.69 Å². The van der Waals surface area contributed by atoms with Crippen LogP contribution in [-0.4, -0.2) is 17.1 Å². The second-order valence-electron chi connectivity index (χ2n) is 5.20. The maximum absolute atomic E-state index is 11.9. The van der Waals surface area contributed by atoms with Gasteiger partial charge in [-0.1, -0.05) is 45.4 Å². The van der Waals surface area contributed by atoms with Crippen LogP contribution >= 0.6 is 0 Å². The van der Waals surface area contributed by atoms with E-state index in [0.717, 1.165) is 19.4 Å². The van der Waals surface area contributed by atoms with Crippen molar-refractivity contribution in [2.45, 2.75) is 65.3 Å². The molecule has 0 aliphatic rings. The highest BCUT2D eigenvalue weighted by atomic mass is 16.5. The fraction of sp³-hybridized carbons (Fsp3) is 0.688. The summed E-state index contributed by atoms with van der Waals surface area (Å²) in [4.78, 5) is 11.9. The zero-order valence-corrected chi connectivity index (χ0v) is 12.9. The lowest BCUT2D eigenvalue weighted by molar-refractivity contribution is 0.0485. The molecule has 4 heteroatoms. The first kappa shape index (κ1) is 16.6. The first-order valence-corrected chi connectivity index (χ1v) is 7.81. The van der Waals surface area contributed by atoms with E-state index in [1.165, 1.54) is 32.1 Å². The van der Waals surface area contributed by atoms with Gasteiger partial charge in [-0.2, -0.15) is 0 Å². The van der Waals surface area contributed by atoms with Crippen molar-refractivity contribution in [1.29, 1.82) is 0 Å². The molecule has 0 amide bonds. The molecule has 0 unspecified atom stereocenters. The summed E-state index contributed by atoms with van der Waals surface area (Å²) in [6.45, 7) is 5.42. The third kappa shape index (κ3) is 5.68. The number of rotatable bonds is 10. The molecule has 0 aliphatic heterocycles. The van der Waals surface area contributed by atoms with Crippen molar-refractivity contribution in [3.8, 4) is 0 Å². The molecule has 1 rings (SSSR count). The molecule has 0 radical (unpaired) electrons. The Morgan fingerprint density at radius 1 is 1.15 bits per heavy atom. The average Bonchev–Trinajstić information content (AvgIpc) is 2.83. The molecular formula is C16H28N2O2. The molecule has 0 aromatic carbocycles. The first-order chi connectivity index (χ1) is 9.69. The standard InChI is InChI=1S/C16H28N2O2/c1-3-5-6-7-8-9-10-11-20-16(19)15-12-14(17)13-18(15)4-2/h12-13H,3-11,17H2,1-2H3. The lowest BCUT2D eigenvalue weighted by Gasteiger charge is -2.07. The van der Waals surface area contributed by atoms with Crippen LogP contribution in [0.15, 0.2) is 12.3 Å². The fourth-order valence-corrected chi connectivity index (χ4v) is 2.26. The van der Waals surface area contributed by atoms with Crippen LogP contribution in [0, 0.1) is 0 Å². The summed E-state index contributed by atoms with van der Waals surface area (Å²) < 4.78 is 7.12. The van der Waals surface area contributed by atoms with Gasteiger partial charge in [-0.05, 0) is 19.4 Å². The zero-order valence-electron chi connectivity index (χ0n) is 12.9. The topological polar surface area (TPSA) is 57.2 Å². The third-order valence-electron chi connectivity index (χ3n) is 3.45. The Bertz CT molecular complexity index is 399. The highest BCUT2D eigenvalue weighted by Gasteiger charge is 2.13. The average molecular weight is 280 g/mol. The summed E-state index contributed by atoms with van der Waals surface area (Å²) in [6.07, 6.45) is 10.3. The van der Waals surface area contributed by atoms with E-state index in [2.05, 4.69) is 6.92 Å². The van der Waals surface area contributed by atoms with Crippen molar-refractivity contribution in [3.63, 3.8) is 0 Å². The normalized spacial score (nSPS) is 10.7. The molecule has 0 bridgehead atoms. The molecule has 114 valence electrons. The Balaban J connectivity index is 2.17.